The van der Waals surface area contributed by atoms with Crippen molar-refractivity contribution < 1.29 is 5.11 Å². The summed E-state index contributed by atoms with van der Waals surface area (Å²) in [6, 6.07) is 7.79. The second kappa shape index (κ2) is 3.11. The molecule has 1 aromatic rings. The highest BCUT2D eigenvalue weighted by atomic mass is 16.3. The maximum Gasteiger partial charge on any atom is 0.105 e. The quantitative estimate of drug-likeness (QED) is 0.662. The van der Waals surface area contributed by atoms with Crippen LogP contribution < -0.4 is 0 Å². The molecule has 0 saturated heterocycles. The van der Waals surface area contributed by atoms with Gasteiger partial charge in [0.05, 0.1) is 0 Å². The molecule has 0 bridgehead atoms. The molecule has 0 heterocycles. The lowest BCUT2D eigenvalue weighted by Crippen LogP contribution is -2.16. The van der Waals surface area contributed by atoms with E-state index >= 15 is 0 Å². The highest BCUT2D eigenvalue weighted by Gasteiger charge is 2.17. The van der Waals surface area contributed by atoms with Gasteiger partial charge in [-0.3, -0.25) is 0 Å². The third kappa shape index (κ3) is 1.74. The molecule has 0 spiro atoms. The standard InChI is InChI=1S/C11H14O/c1-4-11(3,12)10-7-5-9(2)6-8-10/h4-8,12H,1H2,2-3H3. The Labute approximate surface area is 73.4 Å². The minimum atomic E-state index is -0.909. The fraction of sp³-hybridized carbons (Fsp3) is 0.273. The molecule has 1 atom stereocenters. The number of aliphatic hydroxyl groups is 1. The van der Waals surface area contributed by atoms with Gasteiger partial charge in [-0.05, 0) is 19.4 Å². The molecule has 64 valence electrons. The lowest BCUT2D eigenvalue weighted by atomic mass is 9.96. The maximum absolute atomic E-state index is 9.77. The summed E-state index contributed by atoms with van der Waals surface area (Å²) in [5.41, 5.74) is 1.16. The van der Waals surface area contributed by atoms with E-state index in [4.69, 9.17) is 0 Å². The Kier molecular flexibility index (Phi) is 2.34. The lowest BCUT2D eigenvalue weighted by Gasteiger charge is -2.18. The van der Waals surface area contributed by atoms with Crippen LogP contribution in [0.25, 0.3) is 0 Å². The Balaban J connectivity index is 3.04. The largest absolute Gasteiger partial charge is 0.381 e. The minimum absolute atomic E-state index is 0.878. The summed E-state index contributed by atoms with van der Waals surface area (Å²) in [6.07, 6.45) is 1.54. The third-order valence-corrected chi connectivity index (χ3v) is 2.03. The van der Waals surface area contributed by atoms with Crippen molar-refractivity contribution in [2.45, 2.75) is 19.4 Å². The molecule has 1 heteroatoms. The van der Waals surface area contributed by atoms with Crippen LogP contribution in [0.5, 0.6) is 0 Å². The van der Waals surface area contributed by atoms with Crippen molar-refractivity contribution in [1.29, 1.82) is 0 Å². The predicted octanol–water partition coefficient (Wildman–Crippen LogP) is 2.39. The number of hydrogen-bond donors (Lipinski definition) is 1. The SMILES string of the molecule is C=CC(C)(O)c1ccc(C)cc1. The average Bonchev–Trinajstić information content (AvgIpc) is 2.05. The van der Waals surface area contributed by atoms with Crippen LogP contribution in [0.15, 0.2) is 36.9 Å². The van der Waals surface area contributed by atoms with E-state index in [0.29, 0.717) is 0 Å². The predicted molar refractivity (Wildman–Crippen MR) is 50.9 cm³/mol. The Hall–Kier alpha value is -1.08. The maximum atomic E-state index is 9.77. The second-order valence-corrected chi connectivity index (χ2v) is 3.22. The summed E-state index contributed by atoms with van der Waals surface area (Å²) in [7, 11) is 0. The van der Waals surface area contributed by atoms with E-state index in [1.54, 1.807) is 6.92 Å². The second-order valence-electron chi connectivity index (χ2n) is 3.22. The Morgan fingerprint density at radius 1 is 1.33 bits per heavy atom. The molecular formula is C11H14O. The van der Waals surface area contributed by atoms with E-state index in [9.17, 15) is 5.11 Å². The molecule has 0 saturated carbocycles. The summed E-state index contributed by atoms with van der Waals surface area (Å²) in [5.74, 6) is 0. The average molecular weight is 162 g/mol. The fourth-order valence-corrected chi connectivity index (χ4v) is 1.01. The van der Waals surface area contributed by atoms with Crippen LogP contribution >= 0.6 is 0 Å². The van der Waals surface area contributed by atoms with Crippen molar-refractivity contribution in [3.63, 3.8) is 0 Å². The van der Waals surface area contributed by atoms with Crippen LogP contribution in [0, 0.1) is 6.92 Å². The summed E-state index contributed by atoms with van der Waals surface area (Å²) < 4.78 is 0. The number of aryl methyl sites for hydroxylation is 1. The molecule has 1 rings (SSSR count). The van der Waals surface area contributed by atoms with Gasteiger partial charge in [0.2, 0.25) is 0 Å². The minimum Gasteiger partial charge on any atom is -0.381 e. The molecule has 12 heavy (non-hydrogen) atoms. The van der Waals surface area contributed by atoms with Gasteiger partial charge < -0.3 is 5.11 Å². The number of rotatable bonds is 2. The summed E-state index contributed by atoms with van der Waals surface area (Å²) in [5, 5.41) is 9.77. The molecule has 0 aromatic heterocycles. The van der Waals surface area contributed by atoms with Crippen molar-refractivity contribution >= 4 is 0 Å². The zero-order valence-corrected chi connectivity index (χ0v) is 7.54. The van der Waals surface area contributed by atoms with Crippen molar-refractivity contribution in [3.8, 4) is 0 Å². The van der Waals surface area contributed by atoms with Gasteiger partial charge in [-0.15, -0.1) is 0 Å². The Morgan fingerprint density at radius 2 is 1.83 bits per heavy atom. The zero-order chi connectivity index (χ0) is 9.19. The highest BCUT2D eigenvalue weighted by molar-refractivity contribution is 5.28. The molecule has 0 amide bonds. The monoisotopic (exact) mass is 162 g/mol. The van der Waals surface area contributed by atoms with Gasteiger partial charge >= 0.3 is 0 Å². The summed E-state index contributed by atoms with van der Waals surface area (Å²) in [6.45, 7) is 7.33. The van der Waals surface area contributed by atoms with Gasteiger partial charge in [0.15, 0.2) is 0 Å². The summed E-state index contributed by atoms with van der Waals surface area (Å²) in [4.78, 5) is 0. The van der Waals surface area contributed by atoms with E-state index in [2.05, 4.69) is 6.58 Å². The molecule has 0 radical (unpaired) electrons. The smallest absolute Gasteiger partial charge is 0.105 e. The summed E-state index contributed by atoms with van der Waals surface area (Å²) >= 11 is 0. The van der Waals surface area contributed by atoms with Crippen LogP contribution in [0.1, 0.15) is 18.1 Å². The van der Waals surface area contributed by atoms with E-state index in [1.807, 2.05) is 31.2 Å². The van der Waals surface area contributed by atoms with Crippen LogP contribution in [-0.2, 0) is 5.60 Å². The van der Waals surface area contributed by atoms with Gasteiger partial charge in [0.1, 0.15) is 5.60 Å². The van der Waals surface area contributed by atoms with Crippen molar-refractivity contribution in [2.24, 2.45) is 0 Å². The topological polar surface area (TPSA) is 20.2 Å². The van der Waals surface area contributed by atoms with Crippen LogP contribution in [-0.4, -0.2) is 5.11 Å². The fourth-order valence-electron chi connectivity index (χ4n) is 1.01. The zero-order valence-electron chi connectivity index (χ0n) is 7.54. The van der Waals surface area contributed by atoms with Crippen molar-refractivity contribution in [3.05, 3.63) is 48.0 Å². The Bertz CT molecular complexity index is 270. The normalized spacial score (nSPS) is 15.2. The van der Waals surface area contributed by atoms with Gasteiger partial charge in [0.25, 0.3) is 0 Å². The highest BCUT2D eigenvalue weighted by Crippen LogP contribution is 2.21. The van der Waals surface area contributed by atoms with Crippen LogP contribution in [0.4, 0.5) is 0 Å². The number of hydrogen-bond acceptors (Lipinski definition) is 1. The first kappa shape index (κ1) is 9.01. The molecule has 1 N–H and O–H groups in total. The van der Waals surface area contributed by atoms with Gasteiger partial charge in [-0.2, -0.15) is 0 Å². The molecule has 0 aliphatic carbocycles. The molecular weight excluding hydrogens is 148 g/mol. The Morgan fingerprint density at radius 3 is 2.25 bits per heavy atom. The first-order valence-electron chi connectivity index (χ1n) is 3.99. The van der Waals surface area contributed by atoms with Crippen molar-refractivity contribution in [2.75, 3.05) is 0 Å². The van der Waals surface area contributed by atoms with E-state index in [1.165, 1.54) is 11.6 Å². The van der Waals surface area contributed by atoms with Crippen LogP contribution in [0.2, 0.25) is 0 Å². The number of benzene rings is 1. The van der Waals surface area contributed by atoms with Gasteiger partial charge in [-0.1, -0.05) is 42.5 Å². The molecule has 0 aliphatic rings. The lowest BCUT2D eigenvalue weighted by molar-refractivity contribution is 0.111. The van der Waals surface area contributed by atoms with E-state index in [0.717, 1.165) is 5.56 Å². The molecule has 0 fully saturated rings. The van der Waals surface area contributed by atoms with Gasteiger partial charge in [0, 0.05) is 0 Å². The molecule has 0 aliphatic heterocycles. The molecule has 1 unspecified atom stereocenters. The van der Waals surface area contributed by atoms with Gasteiger partial charge in [-0.25, -0.2) is 0 Å². The molecule has 1 nitrogen and oxygen atoms in total. The molecule has 1 aromatic carbocycles. The third-order valence-electron chi connectivity index (χ3n) is 2.03. The van der Waals surface area contributed by atoms with E-state index in [-0.39, 0.29) is 0 Å². The van der Waals surface area contributed by atoms with Crippen molar-refractivity contribution in [1.82, 2.24) is 0 Å². The first-order valence-corrected chi connectivity index (χ1v) is 3.99. The van der Waals surface area contributed by atoms with E-state index < -0.39 is 5.60 Å². The first-order chi connectivity index (χ1) is 5.56. The van der Waals surface area contributed by atoms with Crippen LogP contribution in [0.3, 0.4) is 0 Å².